The first-order chi connectivity index (χ1) is 7.16. The molecule has 2 atom stereocenters. The van der Waals surface area contributed by atoms with Crippen molar-refractivity contribution in [3.8, 4) is 0 Å². The molecule has 2 rings (SSSR count). The second-order valence-corrected chi connectivity index (χ2v) is 6.42. The van der Waals surface area contributed by atoms with Gasteiger partial charge in [0.1, 0.15) is 5.82 Å². The molecule has 0 saturated carbocycles. The highest BCUT2D eigenvalue weighted by Crippen LogP contribution is 2.32. The van der Waals surface area contributed by atoms with Crippen LogP contribution in [0.2, 0.25) is 5.02 Å². The summed E-state index contributed by atoms with van der Waals surface area (Å²) in [6.45, 7) is 0. The third-order valence-electron chi connectivity index (χ3n) is 2.60. The first-order valence-corrected chi connectivity index (χ1v) is 7.27. The van der Waals surface area contributed by atoms with Gasteiger partial charge in [0.05, 0.1) is 5.02 Å². The van der Waals surface area contributed by atoms with E-state index in [4.69, 9.17) is 11.6 Å². The van der Waals surface area contributed by atoms with Crippen LogP contribution in [0.5, 0.6) is 0 Å². The van der Waals surface area contributed by atoms with Gasteiger partial charge in [0.2, 0.25) is 0 Å². The molecule has 82 valence electrons. The first-order valence-electron chi connectivity index (χ1n) is 4.82. The smallest absolute Gasteiger partial charge is 0.141 e. The first kappa shape index (κ1) is 11.7. The molecule has 2 unspecified atom stereocenters. The Hall–Kier alpha value is 0.270. The van der Waals surface area contributed by atoms with Crippen LogP contribution in [-0.2, 0) is 6.42 Å². The van der Waals surface area contributed by atoms with Gasteiger partial charge in [-0.25, -0.2) is 4.39 Å². The maximum atomic E-state index is 12.9. The van der Waals surface area contributed by atoms with Crippen LogP contribution in [0.4, 0.5) is 4.39 Å². The normalized spacial score (nSPS) is 25.8. The van der Waals surface area contributed by atoms with E-state index in [0.717, 1.165) is 12.0 Å². The lowest BCUT2D eigenvalue weighted by Crippen LogP contribution is -2.14. The Bertz CT molecular complexity index is 358. The SMILES string of the molecule is Fc1ccc(CC2CSCC2Br)cc1Cl. The van der Waals surface area contributed by atoms with Crippen LogP contribution >= 0.6 is 39.3 Å². The van der Waals surface area contributed by atoms with Crippen LogP contribution in [0.1, 0.15) is 5.56 Å². The molecule has 1 fully saturated rings. The van der Waals surface area contributed by atoms with E-state index in [1.54, 1.807) is 6.07 Å². The molecule has 0 nitrogen and oxygen atoms in total. The summed E-state index contributed by atoms with van der Waals surface area (Å²) in [5, 5.41) is 0.226. The molecule has 1 saturated heterocycles. The maximum absolute atomic E-state index is 12.9. The topological polar surface area (TPSA) is 0 Å². The summed E-state index contributed by atoms with van der Waals surface area (Å²) in [5.74, 6) is 2.64. The van der Waals surface area contributed by atoms with Gasteiger partial charge in [-0.1, -0.05) is 33.6 Å². The molecule has 0 spiro atoms. The fourth-order valence-corrected chi connectivity index (χ4v) is 4.40. The summed E-state index contributed by atoms with van der Waals surface area (Å²) in [7, 11) is 0. The number of halogens is 3. The largest absolute Gasteiger partial charge is 0.205 e. The molecule has 1 heterocycles. The Morgan fingerprint density at radius 3 is 2.87 bits per heavy atom. The number of alkyl halides is 1. The van der Waals surface area contributed by atoms with Crippen LogP contribution in [0.15, 0.2) is 18.2 Å². The molecule has 1 aromatic rings. The highest BCUT2D eigenvalue weighted by molar-refractivity contribution is 9.09. The lowest BCUT2D eigenvalue weighted by molar-refractivity contribution is 0.608. The standard InChI is InChI=1S/C11H11BrClFS/c12-9-6-15-5-8(9)3-7-1-2-11(14)10(13)4-7/h1-2,4,8-9H,3,5-6H2. The summed E-state index contributed by atoms with van der Waals surface area (Å²) in [6.07, 6.45) is 0.975. The molecule has 4 heteroatoms. The number of hydrogen-bond acceptors (Lipinski definition) is 1. The second-order valence-electron chi connectivity index (χ2n) is 3.77. The molecule has 0 radical (unpaired) electrons. The van der Waals surface area contributed by atoms with Crippen molar-refractivity contribution < 1.29 is 4.39 Å². The molecule has 0 N–H and O–H groups in total. The molecule has 0 bridgehead atoms. The summed E-state index contributed by atoms with van der Waals surface area (Å²) < 4.78 is 12.9. The zero-order chi connectivity index (χ0) is 10.8. The molecule has 0 aliphatic carbocycles. The van der Waals surface area contributed by atoms with Crippen LogP contribution in [0, 0.1) is 11.7 Å². The molecule has 0 amide bonds. The van der Waals surface area contributed by atoms with Crippen molar-refractivity contribution in [3.63, 3.8) is 0 Å². The Kier molecular flexibility index (Phi) is 3.97. The average molecular weight is 310 g/mol. The van der Waals surface area contributed by atoms with E-state index in [2.05, 4.69) is 15.9 Å². The zero-order valence-electron chi connectivity index (χ0n) is 8.05. The predicted molar refractivity (Wildman–Crippen MR) is 68.6 cm³/mol. The number of thioether (sulfide) groups is 1. The number of benzene rings is 1. The Morgan fingerprint density at radius 2 is 2.27 bits per heavy atom. The van der Waals surface area contributed by atoms with E-state index in [9.17, 15) is 4.39 Å². The Morgan fingerprint density at radius 1 is 1.47 bits per heavy atom. The predicted octanol–water partition coefficient (Wildman–Crippen LogP) is 4.15. The van der Waals surface area contributed by atoms with E-state index in [1.807, 2.05) is 17.8 Å². The second kappa shape index (κ2) is 5.07. The van der Waals surface area contributed by atoms with Crippen molar-refractivity contribution in [2.24, 2.45) is 5.92 Å². The quantitative estimate of drug-likeness (QED) is 0.740. The van der Waals surface area contributed by atoms with E-state index in [1.165, 1.54) is 17.6 Å². The van der Waals surface area contributed by atoms with Crippen molar-refractivity contribution in [1.82, 2.24) is 0 Å². The molecule has 15 heavy (non-hydrogen) atoms. The van der Waals surface area contributed by atoms with Gasteiger partial charge >= 0.3 is 0 Å². The monoisotopic (exact) mass is 308 g/mol. The van der Waals surface area contributed by atoms with Gasteiger partial charge in [0.15, 0.2) is 0 Å². The summed E-state index contributed by atoms with van der Waals surface area (Å²) >= 11 is 11.4. The number of hydrogen-bond donors (Lipinski definition) is 0. The van der Waals surface area contributed by atoms with E-state index >= 15 is 0 Å². The summed E-state index contributed by atoms with van der Waals surface area (Å²) in [6, 6.07) is 5.01. The van der Waals surface area contributed by atoms with Crippen molar-refractivity contribution >= 4 is 39.3 Å². The van der Waals surface area contributed by atoms with Crippen LogP contribution in [-0.4, -0.2) is 16.3 Å². The minimum atomic E-state index is -0.336. The molecular formula is C11H11BrClFS. The van der Waals surface area contributed by atoms with Crippen molar-refractivity contribution in [2.75, 3.05) is 11.5 Å². The van der Waals surface area contributed by atoms with Gasteiger partial charge in [-0.15, -0.1) is 0 Å². The van der Waals surface area contributed by atoms with Crippen LogP contribution < -0.4 is 0 Å². The van der Waals surface area contributed by atoms with Crippen molar-refractivity contribution in [3.05, 3.63) is 34.6 Å². The van der Waals surface area contributed by atoms with Gasteiger partial charge in [-0.05, 0) is 35.8 Å². The lowest BCUT2D eigenvalue weighted by atomic mass is 9.99. The van der Waals surface area contributed by atoms with Crippen LogP contribution in [0.3, 0.4) is 0 Å². The number of rotatable bonds is 2. The Labute approximate surface area is 107 Å². The lowest BCUT2D eigenvalue weighted by Gasteiger charge is -2.12. The average Bonchev–Trinajstić information content (AvgIpc) is 2.59. The fourth-order valence-electron chi connectivity index (χ4n) is 1.73. The van der Waals surface area contributed by atoms with Gasteiger partial charge in [-0.3, -0.25) is 0 Å². The van der Waals surface area contributed by atoms with E-state index in [0.29, 0.717) is 10.7 Å². The summed E-state index contributed by atoms with van der Waals surface area (Å²) in [5.41, 5.74) is 1.12. The van der Waals surface area contributed by atoms with Gasteiger partial charge < -0.3 is 0 Å². The third kappa shape index (κ3) is 2.89. The molecule has 1 aliphatic heterocycles. The Balaban J connectivity index is 2.07. The van der Waals surface area contributed by atoms with Gasteiger partial charge in [-0.2, -0.15) is 11.8 Å². The van der Waals surface area contributed by atoms with Crippen molar-refractivity contribution in [2.45, 2.75) is 11.2 Å². The van der Waals surface area contributed by atoms with Gasteiger partial charge in [0.25, 0.3) is 0 Å². The van der Waals surface area contributed by atoms with Crippen LogP contribution in [0.25, 0.3) is 0 Å². The van der Waals surface area contributed by atoms with E-state index in [-0.39, 0.29) is 10.8 Å². The highest BCUT2D eigenvalue weighted by atomic mass is 79.9. The molecule has 1 aromatic carbocycles. The minimum Gasteiger partial charge on any atom is -0.205 e. The zero-order valence-corrected chi connectivity index (χ0v) is 11.2. The van der Waals surface area contributed by atoms with Gasteiger partial charge in [0, 0.05) is 10.6 Å². The molecule has 1 aliphatic rings. The fraction of sp³-hybridized carbons (Fsp3) is 0.455. The minimum absolute atomic E-state index is 0.226. The molecule has 0 aromatic heterocycles. The summed E-state index contributed by atoms with van der Waals surface area (Å²) in [4.78, 5) is 0.575. The molecular weight excluding hydrogens is 299 g/mol. The third-order valence-corrected chi connectivity index (χ3v) is 5.65. The highest BCUT2D eigenvalue weighted by Gasteiger charge is 2.25. The van der Waals surface area contributed by atoms with Crippen molar-refractivity contribution in [1.29, 1.82) is 0 Å². The maximum Gasteiger partial charge on any atom is 0.141 e. The van der Waals surface area contributed by atoms with E-state index < -0.39 is 0 Å².